The summed E-state index contributed by atoms with van der Waals surface area (Å²) in [5.41, 5.74) is 0.285. The molecule has 0 spiro atoms. The summed E-state index contributed by atoms with van der Waals surface area (Å²) >= 11 is 0. The Kier molecular flexibility index (Phi) is 3.86. The number of anilines is 2. The predicted octanol–water partition coefficient (Wildman–Crippen LogP) is 0.395. The molecular weight excluding hydrogens is 328 g/mol. The fourth-order valence-electron chi connectivity index (χ4n) is 2.73. The monoisotopic (exact) mass is 342 g/mol. The fourth-order valence-corrected chi connectivity index (χ4v) is 2.73. The Morgan fingerprint density at radius 2 is 2.04 bits per heavy atom. The quantitative estimate of drug-likeness (QED) is 0.700. The van der Waals surface area contributed by atoms with Gasteiger partial charge in [0.15, 0.2) is 0 Å². The van der Waals surface area contributed by atoms with Gasteiger partial charge in [0.2, 0.25) is 11.2 Å². The van der Waals surface area contributed by atoms with Gasteiger partial charge >= 0.3 is 0 Å². The van der Waals surface area contributed by atoms with Crippen LogP contribution < -0.4 is 15.6 Å². The highest BCUT2D eigenvalue weighted by Crippen LogP contribution is 2.23. The first-order valence-electron chi connectivity index (χ1n) is 7.67. The molecule has 1 fully saturated rings. The van der Waals surface area contributed by atoms with E-state index in [1.165, 1.54) is 0 Å². The second-order valence-corrected chi connectivity index (χ2v) is 5.39. The molecule has 1 aliphatic heterocycles. The fraction of sp³-hybridized carbons (Fsp3) is 0.267. The van der Waals surface area contributed by atoms with Crippen molar-refractivity contribution < 1.29 is 13.9 Å². The summed E-state index contributed by atoms with van der Waals surface area (Å²) in [6.45, 7) is 1.92. The van der Waals surface area contributed by atoms with Crippen LogP contribution in [0.1, 0.15) is 10.6 Å². The van der Waals surface area contributed by atoms with E-state index in [2.05, 4.69) is 25.9 Å². The molecule has 0 atom stereocenters. The van der Waals surface area contributed by atoms with Crippen LogP contribution in [0.15, 0.2) is 33.5 Å². The van der Waals surface area contributed by atoms with E-state index in [0.717, 1.165) is 0 Å². The van der Waals surface area contributed by atoms with Crippen LogP contribution in [0, 0.1) is 0 Å². The molecule has 1 aliphatic rings. The van der Waals surface area contributed by atoms with Gasteiger partial charge in [0.1, 0.15) is 11.3 Å². The summed E-state index contributed by atoms with van der Waals surface area (Å²) in [4.78, 5) is 27.4. The molecule has 0 saturated carbocycles. The minimum absolute atomic E-state index is 0.00580. The maximum atomic E-state index is 13.0. The maximum Gasteiger partial charge on any atom is 0.296 e. The van der Waals surface area contributed by atoms with Crippen molar-refractivity contribution in [1.29, 1.82) is 0 Å². The van der Waals surface area contributed by atoms with Gasteiger partial charge in [-0.2, -0.15) is 5.21 Å². The molecule has 1 saturated heterocycles. The largest absolute Gasteiger partial charge is 0.448 e. The van der Waals surface area contributed by atoms with E-state index < -0.39 is 5.91 Å². The summed E-state index contributed by atoms with van der Waals surface area (Å²) in [6, 6.07) is 6.80. The number of carbonyl (C=O) groups is 1. The molecule has 4 rings (SSSR count). The Bertz CT molecular complexity index is 962. The van der Waals surface area contributed by atoms with Crippen molar-refractivity contribution in [3.05, 3.63) is 40.2 Å². The summed E-state index contributed by atoms with van der Waals surface area (Å²) in [5, 5.41) is 15.9. The molecule has 128 valence electrons. The number of para-hydroxylation sites is 1. The molecule has 1 aromatic carbocycles. The van der Waals surface area contributed by atoms with E-state index >= 15 is 0 Å². The van der Waals surface area contributed by atoms with Gasteiger partial charge in [-0.05, 0) is 17.3 Å². The molecule has 10 nitrogen and oxygen atoms in total. The minimum atomic E-state index is -0.620. The first-order valence-corrected chi connectivity index (χ1v) is 7.67. The van der Waals surface area contributed by atoms with Gasteiger partial charge in [-0.3, -0.25) is 14.9 Å². The van der Waals surface area contributed by atoms with Crippen LogP contribution in [0.3, 0.4) is 0 Å². The second-order valence-electron chi connectivity index (χ2n) is 5.39. The number of benzene rings is 1. The highest BCUT2D eigenvalue weighted by Gasteiger charge is 2.26. The van der Waals surface area contributed by atoms with Crippen molar-refractivity contribution in [2.24, 2.45) is 0 Å². The average molecular weight is 342 g/mol. The number of hydrogen-bond acceptors (Lipinski definition) is 8. The lowest BCUT2D eigenvalue weighted by atomic mass is 10.1. The Morgan fingerprint density at radius 1 is 1.24 bits per heavy atom. The Labute approximate surface area is 140 Å². The number of nitrogens with one attached hydrogen (secondary N) is 2. The van der Waals surface area contributed by atoms with Crippen molar-refractivity contribution in [2.45, 2.75) is 0 Å². The highest BCUT2D eigenvalue weighted by atomic mass is 16.5. The topological polar surface area (TPSA) is 126 Å². The van der Waals surface area contributed by atoms with E-state index in [-0.39, 0.29) is 22.8 Å². The number of hydrogen-bond donors (Lipinski definition) is 2. The normalized spacial score (nSPS) is 14.6. The summed E-state index contributed by atoms with van der Waals surface area (Å²) in [7, 11) is 0. The molecule has 0 unspecified atom stereocenters. The standard InChI is InChI=1S/C15H14N6O4/c22-12-9-3-1-2-4-10(9)25-13(11(12)21-5-7-24-8-6-21)14(23)16-15-17-19-20-18-15/h1-4H,5-8H2,(H2,16,17,18,19,20,23). The van der Waals surface area contributed by atoms with Crippen molar-refractivity contribution in [3.8, 4) is 0 Å². The third kappa shape index (κ3) is 2.83. The number of ether oxygens (including phenoxy) is 1. The Hall–Kier alpha value is -3.27. The number of amides is 1. The predicted molar refractivity (Wildman–Crippen MR) is 87.6 cm³/mol. The molecular formula is C15H14N6O4. The Morgan fingerprint density at radius 3 is 2.80 bits per heavy atom. The third-order valence-corrected chi connectivity index (χ3v) is 3.88. The molecule has 3 aromatic rings. The maximum absolute atomic E-state index is 13.0. The van der Waals surface area contributed by atoms with Crippen molar-refractivity contribution in [3.63, 3.8) is 0 Å². The summed E-state index contributed by atoms with van der Waals surface area (Å²) in [6.07, 6.45) is 0. The number of carbonyl (C=O) groups excluding carboxylic acids is 1. The van der Waals surface area contributed by atoms with Crippen molar-refractivity contribution in [1.82, 2.24) is 20.6 Å². The molecule has 0 bridgehead atoms. The van der Waals surface area contributed by atoms with Crippen LogP contribution in [0.25, 0.3) is 11.0 Å². The molecule has 0 radical (unpaired) electrons. The number of fused-ring (bicyclic) bond motifs is 1. The van der Waals surface area contributed by atoms with E-state index in [1.54, 1.807) is 29.2 Å². The molecule has 25 heavy (non-hydrogen) atoms. The zero-order valence-corrected chi connectivity index (χ0v) is 13.1. The zero-order chi connectivity index (χ0) is 17.2. The number of tetrazole rings is 1. The first kappa shape index (κ1) is 15.3. The summed E-state index contributed by atoms with van der Waals surface area (Å²) < 4.78 is 11.1. The summed E-state index contributed by atoms with van der Waals surface area (Å²) in [5.74, 6) is -0.713. The van der Waals surface area contributed by atoms with Crippen LogP contribution in [-0.4, -0.2) is 52.8 Å². The van der Waals surface area contributed by atoms with Gasteiger partial charge in [0.05, 0.1) is 18.6 Å². The number of morpholine rings is 1. The number of rotatable bonds is 3. The number of H-pyrrole nitrogens is 1. The SMILES string of the molecule is O=C(Nc1nn[nH]n1)c1oc2ccccc2c(=O)c1N1CCOCC1. The Balaban J connectivity index is 1.85. The molecule has 0 aliphatic carbocycles. The van der Waals surface area contributed by atoms with Gasteiger partial charge in [-0.1, -0.05) is 17.2 Å². The molecule has 2 N–H and O–H groups in total. The first-order chi connectivity index (χ1) is 12.2. The lowest BCUT2D eigenvalue weighted by Gasteiger charge is -2.29. The third-order valence-electron chi connectivity index (χ3n) is 3.88. The molecule has 3 heterocycles. The van der Waals surface area contributed by atoms with E-state index in [4.69, 9.17) is 9.15 Å². The van der Waals surface area contributed by atoms with Crippen molar-refractivity contribution >= 4 is 28.5 Å². The van der Waals surface area contributed by atoms with Crippen LogP contribution in [-0.2, 0) is 4.74 Å². The smallest absolute Gasteiger partial charge is 0.296 e. The highest BCUT2D eigenvalue weighted by molar-refractivity contribution is 6.06. The zero-order valence-electron chi connectivity index (χ0n) is 13.1. The average Bonchev–Trinajstić information content (AvgIpc) is 3.15. The minimum Gasteiger partial charge on any atom is -0.448 e. The van der Waals surface area contributed by atoms with Crippen LogP contribution in [0.5, 0.6) is 0 Å². The van der Waals surface area contributed by atoms with Gasteiger partial charge in [0, 0.05) is 13.1 Å². The second kappa shape index (κ2) is 6.32. The van der Waals surface area contributed by atoms with Gasteiger partial charge in [0.25, 0.3) is 11.9 Å². The van der Waals surface area contributed by atoms with Crippen LogP contribution in [0.4, 0.5) is 11.6 Å². The lowest BCUT2D eigenvalue weighted by molar-refractivity contribution is 0.0993. The lowest BCUT2D eigenvalue weighted by Crippen LogP contribution is -2.40. The molecule has 1 amide bonds. The van der Waals surface area contributed by atoms with E-state index in [1.807, 2.05) is 0 Å². The molecule has 10 heteroatoms. The molecule has 2 aromatic heterocycles. The van der Waals surface area contributed by atoms with Crippen LogP contribution in [0.2, 0.25) is 0 Å². The van der Waals surface area contributed by atoms with E-state index in [9.17, 15) is 9.59 Å². The number of aromatic amines is 1. The van der Waals surface area contributed by atoms with E-state index in [0.29, 0.717) is 37.3 Å². The van der Waals surface area contributed by atoms with Gasteiger partial charge < -0.3 is 14.1 Å². The van der Waals surface area contributed by atoms with Gasteiger partial charge in [-0.15, -0.1) is 5.10 Å². The van der Waals surface area contributed by atoms with Gasteiger partial charge in [-0.25, -0.2) is 0 Å². The van der Waals surface area contributed by atoms with Crippen molar-refractivity contribution in [2.75, 3.05) is 36.5 Å². The number of aromatic nitrogens is 4. The van der Waals surface area contributed by atoms with Crippen LogP contribution >= 0.6 is 0 Å². The number of nitrogens with zero attached hydrogens (tertiary/aromatic N) is 4.